The van der Waals surface area contributed by atoms with Crippen molar-refractivity contribution in [2.45, 2.75) is 0 Å². The molecule has 0 aliphatic carbocycles. The molecule has 3 aromatic rings. The lowest BCUT2D eigenvalue weighted by atomic mass is 10.3. The highest BCUT2D eigenvalue weighted by Gasteiger charge is 2.12. The molecule has 0 spiro atoms. The zero-order chi connectivity index (χ0) is 12.7. The first kappa shape index (κ1) is 10.6. The summed E-state index contributed by atoms with van der Waals surface area (Å²) in [6, 6.07) is 6.99. The summed E-state index contributed by atoms with van der Waals surface area (Å²) in [6.07, 6.45) is 1.58. The van der Waals surface area contributed by atoms with Crippen LogP contribution in [0.5, 0.6) is 0 Å². The molecule has 0 atom stereocenters. The van der Waals surface area contributed by atoms with E-state index in [2.05, 4.69) is 9.97 Å². The molecule has 0 bridgehead atoms. The van der Waals surface area contributed by atoms with Crippen LogP contribution in [0.15, 0.2) is 36.5 Å². The molecule has 6 heteroatoms. The van der Waals surface area contributed by atoms with Crippen LogP contribution in [0.2, 0.25) is 0 Å². The minimum Gasteiger partial charge on any atom is -0.369 e. The maximum Gasteiger partial charge on any atom is 0.207 e. The van der Waals surface area contributed by atoms with Crippen molar-refractivity contribution in [1.82, 2.24) is 14.5 Å². The predicted octanol–water partition coefficient (Wildman–Crippen LogP) is 2.28. The molecule has 2 heterocycles. The number of fused-ring (bicyclic) bond motifs is 1. The highest BCUT2D eigenvalue weighted by Crippen LogP contribution is 2.22. The smallest absolute Gasteiger partial charge is 0.207 e. The molecule has 0 unspecified atom stereocenters. The van der Waals surface area contributed by atoms with Gasteiger partial charge in [0.15, 0.2) is 17.3 Å². The zero-order valence-electron chi connectivity index (χ0n) is 9.14. The quantitative estimate of drug-likeness (QED) is 0.716. The van der Waals surface area contributed by atoms with Gasteiger partial charge in [-0.25, -0.2) is 18.7 Å². The monoisotopic (exact) mass is 246 g/mol. The Morgan fingerprint density at radius 3 is 2.72 bits per heavy atom. The molecular weight excluding hydrogens is 238 g/mol. The Labute approximate surface area is 101 Å². The van der Waals surface area contributed by atoms with Gasteiger partial charge >= 0.3 is 0 Å². The van der Waals surface area contributed by atoms with Crippen molar-refractivity contribution in [3.8, 4) is 5.69 Å². The fourth-order valence-electron chi connectivity index (χ4n) is 1.81. The Balaban J connectivity index is 2.30. The van der Waals surface area contributed by atoms with Crippen molar-refractivity contribution >= 4 is 17.1 Å². The maximum absolute atomic E-state index is 13.2. The predicted molar refractivity (Wildman–Crippen MR) is 63.2 cm³/mol. The number of aromatic nitrogens is 3. The first-order chi connectivity index (χ1) is 8.66. The van der Waals surface area contributed by atoms with Crippen molar-refractivity contribution in [2.24, 2.45) is 0 Å². The number of nitrogens with zero attached hydrogens (tertiary/aromatic N) is 3. The Hall–Kier alpha value is -2.50. The largest absolute Gasteiger partial charge is 0.369 e. The van der Waals surface area contributed by atoms with Gasteiger partial charge in [-0.1, -0.05) is 0 Å². The van der Waals surface area contributed by atoms with Crippen molar-refractivity contribution in [3.05, 3.63) is 48.2 Å². The van der Waals surface area contributed by atoms with E-state index in [1.54, 1.807) is 18.3 Å². The Morgan fingerprint density at radius 1 is 1.11 bits per heavy atom. The number of benzene rings is 1. The molecule has 90 valence electrons. The van der Waals surface area contributed by atoms with E-state index in [0.29, 0.717) is 16.9 Å². The van der Waals surface area contributed by atoms with Crippen molar-refractivity contribution in [3.63, 3.8) is 0 Å². The van der Waals surface area contributed by atoms with Crippen LogP contribution in [0.3, 0.4) is 0 Å². The third-order valence-electron chi connectivity index (χ3n) is 2.60. The number of nitrogen functional groups attached to an aromatic ring is 1. The van der Waals surface area contributed by atoms with Crippen LogP contribution >= 0.6 is 0 Å². The maximum atomic E-state index is 13.2. The minimum absolute atomic E-state index is 0.176. The molecule has 1 aromatic carbocycles. The zero-order valence-corrected chi connectivity index (χ0v) is 9.14. The van der Waals surface area contributed by atoms with Gasteiger partial charge < -0.3 is 5.73 Å². The van der Waals surface area contributed by atoms with Crippen LogP contribution in [-0.4, -0.2) is 14.5 Å². The average molecular weight is 246 g/mol. The van der Waals surface area contributed by atoms with Crippen LogP contribution in [0.1, 0.15) is 0 Å². The highest BCUT2D eigenvalue weighted by atomic mass is 19.2. The summed E-state index contributed by atoms with van der Waals surface area (Å²) in [4.78, 5) is 8.24. The van der Waals surface area contributed by atoms with Gasteiger partial charge in [0.25, 0.3) is 0 Å². The molecule has 0 saturated heterocycles. The summed E-state index contributed by atoms with van der Waals surface area (Å²) >= 11 is 0. The molecule has 4 nitrogen and oxygen atoms in total. The molecule has 0 fully saturated rings. The van der Waals surface area contributed by atoms with Gasteiger partial charge in [-0.15, -0.1) is 0 Å². The number of rotatable bonds is 1. The summed E-state index contributed by atoms with van der Waals surface area (Å²) in [5.41, 5.74) is 7.25. The van der Waals surface area contributed by atoms with E-state index in [0.717, 1.165) is 12.1 Å². The van der Waals surface area contributed by atoms with Gasteiger partial charge in [0.1, 0.15) is 5.52 Å². The number of hydrogen-bond acceptors (Lipinski definition) is 3. The Bertz CT molecular complexity index is 736. The van der Waals surface area contributed by atoms with Crippen molar-refractivity contribution in [2.75, 3.05) is 5.73 Å². The highest BCUT2D eigenvalue weighted by molar-refractivity contribution is 5.76. The fraction of sp³-hybridized carbons (Fsp3) is 0. The number of halogens is 2. The van der Waals surface area contributed by atoms with E-state index in [4.69, 9.17) is 5.73 Å². The standard InChI is InChI=1S/C12H8F2N4/c13-8-4-3-7(6-9(8)14)18-11-10(17-12(18)15)2-1-5-16-11/h1-6H,(H2,15,17). The molecule has 2 N–H and O–H groups in total. The Kier molecular flexibility index (Phi) is 2.22. The molecule has 0 amide bonds. The van der Waals surface area contributed by atoms with E-state index in [9.17, 15) is 8.78 Å². The van der Waals surface area contributed by atoms with Crippen LogP contribution in [0, 0.1) is 11.6 Å². The average Bonchev–Trinajstić information content (AvgIpc) is 2.69. The summed E-state index contributed by atoms with van der Waals surface area (Å²) in [5, 5.41) is 0. The van der Waals surface area contributed by atoms with Gasteiger partial charge in [0.2, 0.25) is 5.95 Å². The lowest BCUT2D eigenvalue weighted by Crippen LogP contribution is -2.02. The normalized spacial score (nSPS) is 11.0. The minimum atomic E-state index is -0.940. The van der Waals surface area contributed by atoms with E-state index < -0.39 is 11.6 Å². The molecule has 0 saturated carbocycles. The van der Waals surface area contributed by atoms with Crippen molar-refractivity contribution < 1.29 is 8.78 Å². The van der Waals surface area contributed by atoms with Crippen LogP contribution in [-0.2, 0) is 0 Å². The molecule has 3 rings (SSSR count). The summed E-state index contributed by atoms with van der Waals surface area (Å²) in [6.45, 7) is 0. The third kappa shape index (κ3) is 1.50. The topological polar surface area (TPSA) is 56.7 Å². The van der Waals surface area contributed by atoms with E-state index in [1.165, 1.54) is 10.6 Å². The molecule has 0 aliphatic rings. The molecule has 2 aromatic heterocycles. The molecule has 0 radical (unpaired) electrons. The summed E-state index contributed by atoms with van der Waals surface area (Å²) in [7, 11) is 0. The van der Waals surface area contributed by atoms with E-state index >= 15 is 0 Å². The number of hydrogen-bond donors (Lipinski definition) is 1. The van der Waals surface area contributed by atoms with Gasteiger partial charge in [0, 0.05) is 12.3 Å². The van der Waals surface area contributed by atoms with E-state index in [-0.39, 0.29) is 5.95 Å². The second-order valence-electron chi connectivity index (χ2n) is 3.75. The summed E-state index contributed by atoms with van der Waals surface area (Å²) < 4.78 is 27.6. The number of imidazole rings is 1. The van der Waals surface area contributed by atoms with Gasteiger partial charge in [-0.05, 0) is 24.3 Å². The first-order valence-corrected chi connectivity index (χ1v) is 5.21. The van der Waals surface area contributed by atoms with Gasteiger partial charge in [-0.3, -0.25) is 4.57 Å². The second kappa shape index (κ2) is 3.76. The second-order valence-corrected chi connectivity index (χ2v) is 3.75. The lowest BCUT2D eigenvalue weighted by Gasteiger charge is -2.05. The number of pyridine rings is 1. The number of nitrogens with two attached hydrogens (primary N) is 1. The SMILES string of the molecule is Nc1nc2cccnc2n1-c1ccc(F)c(F)c1. The van der Waals surface area contributed by atoms with Crippen molar-refractivity contribution in [1.29, 1.82) is 0 Å². The summed E-state index contributed by atoms with van der Waals surface area (Å²) in [5.74, 6) is -1.67. The van der Waals surface area contributed by atoms with E-state index in [1.807, 2.05) is 0 Å². The van der Waals surface area contributed by atoms with Gasteiger partial charge in [-0.2, -0.15) is 0 Å². The van der Waals surface area contributed by atoms with Crippen LogP contribution in [0.25, 0.3) is 16.9 Å². The van der Waals surface area contributed by atoms with Crippen LogP contribution < -0.4 is 5.73 Å². The Morgan fingerprint density at radius 2 is 1.94 bits per heavy atom. The first-order valence-electron chi connectivity index (χ1n) is 5.21. The van der Waals surface area contributed by atoms with Gasteiger partial charge in [0.05, 0.1) is 5.69 Å². The van der Waals surface area contributed by atoms with Crippen LogP contribution in [0.4, 0.5) is 14.7 Å². The molecule has 0 aliphatic heterocycles. The fourth-order valence-corrected chi connectivity index (χ4v) is 1.81. The number of anilines is 1. The molecular formula is C12H8F2N4. The molecule has 18 heavy (non-hydrogen) atoms. The third-order valence-corrected chi connectivity index (χ3v) is 2.60. The lowest BCUT2D eigenvalue weighted by molar-refractivity contribution is 0.508.